The average molecular weight is 336 g/mol. The quantitative estimate of drug-likeness (QED) is 0.840. The molecule has 110 valence electrons. The normalized spacial score (nSPS) is 21.6. The van der Waals surface area contributed by atoms with E-state index in [1.165, 1.54) is 18.2 Å². The molecule has 0 bridgehead atoms. The van der Waals surface area contributed by atoms with Crippen LogP contribution in [0, 0.1) is 5.92 Å². The van der Waals surface area contributed by atoms with E-state index < -0.39 is 9.05 Å². The topological polar surface area (TPSA) is 63.2 Å². The summed E-state index contributed by atoms with van der Waals surface area (Å²) in [6, 6.07) is 4.07. The van der Waals surface area contributed by atoms with Gasteiger partial charge in [0.05, 0.1) is 4.90 Å². The summed E-state index contributed by atoms with van der Waals surface area (Å²) < 4.78 is 22.6. The van der Waals surface area contributed by atoms with Crippen LogP contribution in [0.2, 0.25) is 5.02 Å². The standard InChI is InChI=1S/C13H15Cl2NO3S/c1-2-3-8-6-12(8)16-13(17)9-4-10(14)7-11(5-9)20(15,18)19/h4-5,7-8,12H,2-3,6H2,1H3,(H,16,17). The first-order valence-corrected chi connectivity index (χ1v) is 9.06. The van der Waals surface area contributed by atoms with Crippen LogP contribution in [0.5, 0.6) is 0 Å². The number of amides is 1. The molecular weight excluding hydrogens is 321 g/mol. The third kappa shape index (κ3) is 3.87. The second kappa shape index (κ2) is 5.92. The van der Waals surface area contributed by atoms with Crippen molar-refractivity contribution in [3.63, 3.8) is 0 Å². The Labute approximate surface area is 127 Å². The highest BCUT2D eigenvalue weighted by Gasteiger charge is 2.37. The Kier molecular flexibility index (Phi) is 4.62. The zero-order chi connectivity index (χ0) is 14.9. The first-order valence-electron chi connectivity index (χ1n) is 6.37. The van der Waals surface area contributed by atoms with Gasteiger partial charge in [-0.05, 0) is 37.0 Å². The summed E-state index contributed by atoms with van der Waals surface area (Å²) in [7, 11) is 1.37. The second-order valence-electron chi connectivity index (χ2n) is 4.98. The van der Waals surface area contributed by atoms with Gasteiger partial charge in [0.1, 0.15) is 0 Å². The Hall–Kier alpha value is -0.780. The number of carbonyl (C=O) groups excluding carboxylic acids is 1. The lowest BCUT2D eigenvalue weighted by Crippen LogP contribution is -2.27. The van der Waals surface area contributed by atoms with Crippen molar-refractivity contribution in [1.82, 2.24) is 5.32 Å². The van der Waals surface area contributed by atoms with Crippen LogP contribution in [0.1, 0.15) is 36.5 Å². The number of halogens is 2. The fourth-order valence-corrected chi connectivity index (χ4v) is 3.30. The number of nitrogens with one attached hydrogen (secondary N) is 1. The van der Waals surface area contributed by atoms with E-state index in [0.717, 1.165) is 19.3 Å². The summed E-state index contributed by atoms with van der Waals surface area (Å²) >= 11 is 5.83. The van der Waals surface area contributed by atoms with E-state index in [2.05, 4.69) is 12.2 Å². The predicted molar refractivity (Wildman–Crippen MR) is 78.8 cm³/mol. The van der Waals surface area contributed by atoms with Crippen molar-refractivity contribution in [1.29, 1.82) is 0 Å². The van der Waals surface area contributed by atoms with Gasteiger partial charge < -0.3 is 5.32 Å². The lowest BCUT2D eigenvalue weighted by atomic mass is 10.2. The van der Waals surface area contributed by atoms with Crippen LogP contribution >= 0.6 is 22.3 Å². The van der Waals surface area contributed by atoms with Crippen molar-refractivity contribution < 1.29 is 13.2 Å². The molecule has 1 aliphatic rings. The van der Waals surface area contributed by atoms with Gasteiger partial charge in [-0.25, -0.2) is 8.42 Å². The van der Waals surface area contributed by atoms with Crippen LogP contribution in [0.3, 0.4) is 0 Å². The van der Waals surface area contributed by atoms with Crippen LogP contribution in [-0.2, 0) is 9.05 Å². The summed E-state index contributed by atoms with van der Waals surface area (Å²) in [5.41, 5.74) is 0.207. The third-order valence-electron chi connectivity index (χ3n) is 3.31. The van der Waals surface area contributed by atoms with Gasteiger partial charge in [0.25, 0.3) is 15.0 Å². The smallest absolute Gasteiger partial charge is 0.261 e. The van der Waals surface area contributed by atoms with Crippen molar-refractivity contribution in [2.24, 2.45) is 5.92 Å². The minimum atomic E-state index is -3.91. The summed E-state index contributed by atoms with van der Waals surface area (Å²) in [5, 5.41) is 3.04. The fraction of sp³-hybridized carbons (Fsp3) is 0.462. The van der Waals surface area contributed by atoms with Crippen LogP contribution < -0.4 is 5.32 Å². The van der Waals surface area contributed by atoms with E-state index in [4.69, 9.17) is 22.3 Å². The molecule has 1 aromatic rings. The summed E-state index contributed by atoms with van der Waals surface area (Å²) in [5.74, 6) is 0.206. The minimum Gasteiger partial charge on any atom is -0.349 e. The summed E-state index contributed by atoms with van der Waals surface area (Å²) in [6.07, 6.45) is 3.14. The molecule has 1 N–H and O–H groups in total. The predicted octanol–water partition coefficient (Wildman–Crippen LogP) is 3.19. The Morgan fingerprint density at radius 1 is 1.40 bits per heavy atom. The minimum absolute atomic E-state index is 0.165. The van der Waals surface area contributed by atoms with Crippen LogP contribution in [0.15, 0.2) is 23.1 Å². The second-order valence-corrected chi connectivity index (χ2v) is 7.98. The SMILES string of the molecule is CCCC1CC1NC(=O)c1cc(Cl)cc(S(=O)(=O)Cl)c1. The van der Waals surface area contributed by atoms with Crippen molar-refractivity contribution in [2.45, 2.75) is 37.1 Å². The van der Waals surface area contributed by atoms with Gasteiger partial charge in [0, 0.05) is 27.3 Å². The Morgan fingerprint density at radius 2 is 2.10 bits per heavy atom. The average Bonchev–Trinajstić information content (AvgIpc) is 3.05. The molecule has 0 heterocycles. The Morgan fingerprint density at radius 3 is 2.70 bits per heavy atom. The third-order valence-corrected chi connectivity index (χ3v) is 4.87. The highest BCUT2D eigenvalue weighted by molar-refractivity contribution is 8.13. The van der Waals surface area contributed by atoms with Crippen LogP contribution in [0.25, 0.3) is 0 Å². The van der Waals surface area contributed by atoms with Gasteiger partial charge in [0.15, 0.2) is 0 Å². The van der Waals surface area contributed by atoms with Gasteiger partial charge in [-0.15, -0.1) is 0 Å². The van der Waals surface area contributed by atoms with Gasteiger partial charge in [0.2, 0.25) is 0 Å². The molecule has 0 saturated heterocycles. The lowest BCUT2D eigenvalue weighted by Gasteiger charge is -2.06. The Bertz CT molecular complexity index is 631. The van der Waals surface area contributed by atoms with Crippen molar-refractivity contribution in [3.05, 3.63) is 28.8 Å². The van der Waals surface area contributed by atoms with Crippen LogP contribution in [0.4, 0.5) is 0 Å². The number of hydrogen-bond acceptors (Lipinski definition) is 3. The van der Waals surface area contributed by atoms with Gasteiger partial charge in [-0.3, -0.25) is 4.79 Å². The molecule has 20 heavy (non-hydrogen) atoms. The van der Waals surface area contributed by atoms with E-state index in [9.17, 15) is 13.2 Å². The van der Waals surface area contributed by atoms with E-state index in [-0.39, 0.29) is 27.4 Å². The Balaban J connectivity index is 2.13. The molecule has 7 heteroatoms. The molecule has 0 aliphatic heterocycles. The molecule has 1 aliphatic carbocycles. The van der Waals surface area contributed by atoms with Crippen molar-refractivity contribution in [2.75, 3.05) is 0 Å². The lowest BCUT2D eigenvalue weighted by molar-refractivity contribution is 0.0948. The maximum Gasteiger partial charge on any atom is 0.261 e. The van der Waals surface area contributed by atoms with Gasteiger partial charge in [-0.2, -0.15) is 0 Å². The maximum atomic E-state index is 12.1. The number of rotatable bonds is 5. The molecule has 1 amide bonds. The molecule has 2 rings (SSSR count). The largest absolute Gasteiger partial charge is 0.349 e. The fourth-order valence-electron chi connectivity index (χ4n) is 2.20. The number of hydrogen-bond donors (Lipinski definition) is 1. The van der Waals surface area contributed by atoms with E-state index >= 15 is 0 Å². The molecule has 1 aromatic carbocycles. The maximum absolute atomic E-state index is 12.1. The van der Waals surface area contributed by atoms with Crippen molar-refractivity contribution >= 4 is 37.2 Å². The van der Waals surface area contributed by atoms with E-state index in [1.807, 2.05) is 0 Å². The molecule has 2 unspecified atom stereocenters. The summed E-state index contributed by atoms with van der Waals surface area (Å²) in [4.78, 5) is 11.9. The van der Waals surface area contributed by atoms with Gasteiger partial charge >= 0.3 is 0 Å². The first kappa shape index (κ1) is 15.6. The number of carbonyl (C=O) groups is 1. The molecular formula is C13H15Cl2NO3S. The molecule has 0 aromatic heterocycles. The first-order chi connectivity index (χ1) is 9.31. The zero-order valence-electron chi connectivity index (χ0n) is 10.9. The highest BCUT2D eigenvalue weighted by Crippen LogP contribution is 2.34. The monoisotopic (exact) mass is 335 g/mol. The molecule has 0 radical (unpaired) electrons. The number of benzene rings is 1. The molecule has 0 spiro atoms. The summed E-state index contributed by atoms with van der Waals surface area (Å²) in [6.45, 7) is 2.10. The van der Waals surface area contributed by atoms with E-state index in [1.54, 1.807) is 0 Å². The highest BCUT2D eigenvalue weighted by atomic mass is 35.7. The molecule has 4 nitrogen and oxygen atoms in total. The van der Waals surface area contributed by atoms with Gasteiger partial charge in [-0.1, -0.05) is 24.9 Å². The van der Waals surface area contributed by atoms with E-state index in [0.29, 0.717) is 5.92 Å². The molecule has 1 fully saturated rings. The van der Waals surface area contributed by atoms with Crippen LogP contribution in [-0.4, -0.2) is 20.4 Å². The zero-order valence-corrected chi connectivity index (χ0v) is 13.2. The van der Waals surface area contributed by atoms with Crippen molar-refractivity contribution in [3.8, 4) is 0 Å². The molecule has 1 saturated carbocycles. The molecule has 2 atom stereocenters.